The van der Waals surface area contributed by atoms with E-state index in [1.165, 1.54) is 0 Å². The number of fused-ring (bicyclic) bond motifs is 1. The van der Waals surface area contributed by atoms with Crippen LogP contribution in [0.15, 0.2) is 12.1 Å². The van der Waals surface area contributed by atoms with Gasteiger partial charge in [0, 0.05) is 44.8 Å². The molecule has 4 rings (SSSR count). The molecule has 0 N–H and O–H groups in total. The first kappa shape index (κ1) is 18.9. The van der Waals surface area contributed by atoms with E-state index in [0.717, 1.165) is 25.9 Å². The second-order valence-electron chi connectivity index (χ2n) is 7.36. The average molecular weight is 389 g/mol. The molecule has 152 valence electrons. The van der Waals surface area contributed by atoms with Gasteiger partial charge in [-0.05, 0) is 25.0 Å². The molecule has 0 saturated carbocycles. The molecule has 3 aliphatic rings. The summed E-state index contributed by atoms with van der Waals surface area (Å²) in [6.07, 6.45) is 2.21. The van der Waals surface area contributed by atoms with E-state index >= 15 is 0 Å². The van der Waals surface area contributed by atoms with Gasteiger partial charge < -0.3 is 24.0 Å². The summed E-state index contributed by atoms with van der Waals surface area (Å²) in [4.78, 5) is 31.2. The first-order chi connectivity index (χ1) is 13.7. The molecule has 0 bridgehead atoms. The Kier molecular flexibility index (Phi) is 5.57. The molecule has 0 aromatic heterocycles. The number of hydrogen-bond acceptors (Lipinski definition) is 6. The van der Waals surface area contributed by atoms with Crippen molar-refractivity contribution in [2.45, 2.75) is 12.8 Å². The maximum atomic E-state index is 13.0. The second kappa shape index (κ2) is 8.26. The van der Waals surface area contributed by atoms with Crippen molar-refractivity contribution in [1.29, 1.82) is 0 Å². The highest BCUT2D eigenvalue weighted by Crippen LogP contribution is 2.40. The molecule has 8 heteroatoms. The Hall–Kier alpha value is -2.48. The van der Waals surface area contributed by atoms with E-state index in [1.54, 1.807) is 19.2 Å². The SMILES string of the molecule is COc1cc(C(=O)N2CCN(CC(=O)N3CCCC3)CC2)cc2c1OCCO2. The minimum atomic E-state index is -0.0548. The predicted molar refractivity (Wildman–Crippen MR) is 102 cm³/mol. The van der Waals surface area contributed by atoms with Gasteiger partial charge in [0.05, 0.1) is 13.7 Å². The number of amides is 2. The quantitative estimate of drug-likeness (QED) is 0.760. The lowest BCUT2D eigenvalue weighted by molar-refractivity contribution is -0.131. The van der Waals surface area contributed by atoms with Gasteiger partial charge in [0.2, 0.25) is 11.7 Å². The first-order valence-corrected chi connectivity index (χ1v) is 9.93. The van der Waals surface area contributed by atoms with Crippen molar-refractivity contribution >= 4 is 11.8 Å². The zero-order chi connectivity index (χ0) is 19.5. The van der Waals surface area contributed by atoms with Gasteiger partial charge in [-0.1, -0.05) is 0 Å². The van der Waals surface area contributed by atoms with Crippen molar-refractivity contribution < 1.29 is 23.8 Å². The molecular weight excluding hydrogens is 362 g/mol. The largest absolute Gasteiger partial charge is 0.493 e. The number of ether oxygens (including phenoxy) is 3. The molecule has 8 nitrogen and oxygen atoms in total. The van der Waals surface area contributed by atoms with Crippen LogP contribution in [-0.4, -0.2) is 92.7 Å². The summed E-state index contributed by atoms with van der Waals surface area (Å²) in [7, 11) is 1.55. The van der Waals surface area contributed by atoms with Crippen molar-refractivity contribution in [2.24, 2.45) is 0 Å². The Morgan fingerprint density at radius 1 is 0.964 bits per heavy atom. The lowest BCUT2D eigenvalue weighted by Crippen LogP contribution is -2.51. The van der Waals surface area contributed by atoms with Crippen molar-refractivity contribution in [2.75, 3.05) is 66.1 Å². The number of nitrogens with zero attached hydrogens (tertiary/aromatic N) is 3. The number of hydrogen-bond donors (Lipinski definition) is 0. The van der Waals surface area contributed by atoms with Gasteiger partial charge in [0.1, 0.15) is 13.2 Å². The minimum absolute atomic E-state index is 0.0548. The minimum Gasteiger partial charge on any atom is -0.493 e. The maximum Gasteiger partial charge on any atom is 0.254 e. The highest BCUT2D eigenvalue weighted by Gasteiger charge is 2.28. The molecule has 3 aliphatic heterocycles. The normalized spacial score (nSPS) is 19.6. The number of methoxy groups -OCH3 is 1. The Morgan fingerprint density at radius 2 is 1.68 bits per heavy atom. The van der Waals surface area contributed by atoms with Crippen molar-refractivity contribution in [3.63, 3.8) is 0 Å². The third kappa shape index (κ3) is 3.87. The van der Waals surface area contributed by atoms with E-state index < -0.39 is 0 Å². The van der Waals surface area contributed by atoms with Crippen LogP contribution < -0.4 is 14.2 Å². The van der Waals surface area contributed by atoms with Gasteiger partial charge >= 0.3 is 0 Å². The summed E-state index contributed by atoms with van der Waals surface area (Å²) in [5.41, 5.74) is 0.530. The summed E-state index contributed by atoms with van der Waals surface area (Å²) in [5, 5.41) is 0. The van der Waals surface area contributed by atoms with Crippen molar-refractivity contribution in [1.82, 2.24) is 14.7 Å². The standard InChI is InChI=1S/C20H27N3O5/c1-26-16-12-15(13-17-19(16)28-11-10-27-17)20(25)23-8-6-21(7-9-23)14-18(24)22-4-2-3-5-22/h12-13H,2-11,14H2,1H3. The van der Waals surface area contributed by atoms with Crippen LogP contribution >= 0.6 is 0 Å². The van der Waals surface area contributed by atoms with Gasteiger partial charge in [-0.3, -0.25) is 14.5 Å². The molecule has 0 radical (unpaired) electrons. The molecule has 0 atom stereocenters. The zero-order valence-electron chi connectivity index (χ0n) is 16.3. The average Bonchev–Trinajstić information content (AvgIpc) is 3.28. The van der Waals surface area contributed by atoms with Crippen LogP contribution in [0.3, 0.4) is 0 Å². The first-order valence-electron chi connectivity index (χ1n) is 9.93. The van der Waals surface area contributed by atoms with Gasteiger partial charge in [0.15, 0.2) is 11.5 Å². The molecule has 1 aromatic carbocycles. The number of piperazine rings is 1. The number of likely N-dealkylation sites (tertiary alicyclic amines) is 1. The van der Waals surface area contributed by atoms with Crippen LogP contribution in [-0.2, 0) is 4.79 Å². The second-order valence-corrected chi connectivity index (χ2v) is 7.36. The Labute approximate surface area is 164 Å². The molecule has 1 aromatic rings. The van der Waals surface area contributed by atoms with Gasteiger partial charge in [-0.2, -0.15) is 0 Å². The van der Waals surface area contributed by atoms with Crippen molar-refractivity contribution in [3.05, 3.63) is 17.7 Å². The fraction of sp³-hybridized carbons (Fsp3) is 0.600. The van der Waals surface area contributed by atoms with Gasteiger partial charge in [-0.25, -0.2) is 0 Å². The molecule has 3 heterocycles. The summed E-state index contributed by atoms with van der Waals surface area (Å²) >= 11 is 0. The third-order valence-electron chi connectivity index (χ3n) is 5.55. The van der Waals surface area contributed by atoms with E-state index in [0.29, 0.717) is 68.7 Å². The Morgan fingerprint density at radius 3 is 2.39 bits per heavy atom. The van der Waals surface area contributed by atoms with E-state index in [4.69, 9.17) is 14.2 Å². The summed E-state index contributed by atoms with van der Waals surface area (Å²) in [6, 6.07) is 3.43. The number of rotatable bonds is 4. The van der Waals surface area contributed by atoms with E-state index in [2.05, 4.69) is 4.90 Å². The summed E-state index contributed by atoms with van der Waals surface area (Å²) < 4.78 is 16.6. The number of carbonyl (C=O) groups is 2. The highest BCUT2D eigenvalue weighted by atomic mass is 16.6. The number of carbonyl (C=O) groups excluding carboxylic acids is 2. The Balaban J connectivity index is 1.37. The van der Waals surface area contributed by atoms with Crippen LogP contribution in [0, 0.1) is 0 Å². The molecule has 0 aliphatic carbocycles. The van der Waals surface area contributed by atoms with Gasteiger partial charge in [-0.15, -0.1) is 0 Å². The third-order valence-corrected chi connectivity index (χ3v) is 5.55. The Bertz CT molecular complexity index is 722. The van der Waals surface area contributed by atoms with E-state index in [1.807, 2.05) is 9.80 Å². The van der Waals surface area contributed by atoms with Gasteiger partial charge in [0.25, 0.3) is 5.91 Å². The summed E-state index contributed by atoms with van der Waals surface area (Å²) in [5.74, 6) is 1.75. The summed E-state index contributed by atoms with van der Waals surface area (Å²) in [6.45, 7) is 5.73. The molecule has 28 heavy (non-hydrogen) atoms. The van der Waals surface area contributed by atoms with E-state index in [-0.39, 0.29) is 11.8 Å². The van der Waals surface area contributed by atoms with Crippen LogP contribution in [0.1, 0.15) is 23.2 Å². The van der Waals surface area contributed by atoms with Crippen molar-refractivity contribution in [3.8, 4) is 17.2 Å². The smallest absolute Gasteiger partial charge is 0.254 e. The zero-order valence-corrected chi connectivity index (χ0v) is 16.3. The molecule has 2 fully saturated rings. The van der Waals surface area contributed by atoms with Crippen LogP contribution in [0.4, 0.5) is 0 Å². The fourth-order valence-electron chi connectivity index (χ4n) is 3.95. The topological polar surface area (TPSA) is 71.6 Å². The molecule has 2 saturated heterocycles. The van der Waals surface area contributed by atoms with Crippen LogP contribution in [0.5, 0.6) is 17.2 Å². The molecule has 0 unspecified atom stereocenters. The lowest BCUT2D eigenvalue weighted by atomic mass is 10.1. The lowest BCUT2D eigenvalue weighted by Gasteiger charge is -2.35. The molecular formula is C20H27N3O5. The highest BCUT2D eigenvalue weighted by molar-refractivity contribution is 5.95. The monoisotopic (exact) mass is 389 g/mol. The predicted octanol–water partition coefficient (Wildman–Crippen LogP) is 0.847. The molecule has 0 spiro atoms. The van der Waals surface area contributed by atoms with Crippen LogP contribution in [0.2, 0.25) is 0 Å². The number of benzene rings is 1. The maximum absolute atomic E-state index is 13.0. The van der Waals surface area contributed by atoms with Crippen LogP contribution in [0.25, 0.3) is 0 Å². The molecule has 2 amide bonds. The fourth-order valence-corrected chi connectivity index (χ4v) is 3.95. The van der Waals surface area contributed by atoms with E-state index in [9.17, 15) is 9.59 Å².